The molecule has 11 heavy (non-hydrogen) atoms. The molecule has 0 aromatic rings. The van der Waals surface area contributed by atoms with E-state index in [1.165, 1.54) is 6.08 Å². The highest BCUT2D eigenvalue weighted by molar-refractivity contribution is 5.86. The summed E-state index contributed by atoms with van der Waals surface area (Å²) in [6.45, 7) is 9.57. The SMILES string of the molecule is C=CC(=O)N(CC)CNCC. The minimum atomic E-state index is -0.0200. The number of carbonyl (C=O) groups is 1. The van der Waals surface area contributed by atoms with Crippen molar-refractivity contribution in [2.75, 3.05) is 19.8 Å². The zero-order valence-corrected chi connectivity index (χ0v) is 7.26. The van der Waals surface area contributed by atoms with Gasteiger partial charge in [-0.05, 0) is 19.5 Å². The molecule has 0 rings (SSSR count). The van der Waals surface area contributed by atoms with Gasteiger partial charge in [-0.2, -0.15) is 0 Å². The molecule has 0 radical (unpaired) electrons. The van der Waals surface area contributed by atoms with E-state index in [-0.39, 0.29) is 5.91 Å². The van der Waals surface area contributed by atoms with Gasteiger partial charge in [-0.1, -0.05) is 13.5 Å². The summed E-state index contributed by atoms with van der Waals surface area (Å²) in [4.78, 5) is 12.7. The van der Waals surface area contributed by atoms with Crippen LogP contribution in [0, 0.1) is 0 Å². The Morgan fingerprint density at radius 3 is 2.64 bits per heavy atom. The van der Waals surface area contributed by atoms with Gasteiger partial charge in [-0.25, -0.2) is 0 Å². The van der Waals surface area contributed by atoms with Gasteiger partial charge in [0.05, 0.1) is 6.67 Å². The summed E-state index contributed by atoms with van der Waals surface area (Å²) in [5, 5.41) is 3.07. The molecule has 0 atom stereocenters. The van der Waals surface area contributed by atoms with Crippen LogP contribution < -0.4 is 5.32 Å². The molecule has 64 valence electrons. The highest BCUT2D eigenvalue weighted by Crippen LogP contribution is 1.86. The van der Waals surface area contributed by atoms with Gasteiger partial charge >= 0.3 is 0 Å². The molecular formula is C8H16N2O. The van der Waals surface area contributed by atoms with Gasteiger partial charge in [0, 0.05) is 6.54 Å². The molecule has 0 aromatic carbocycles. The monoisotopic (exact) mass is 156 g/mol. The topological polar surface area (TPSA) is 32.3 Å². The number of hydrogen-bond donors (Lipinski definition) is 1. The number of carbonyl (C=O) groups excluding carboxylic acids is 1. The molecule has 0 bridgehead atoms. The molecule has 0 aliphatic rings. The van der Waals surface area contributed by atoms with Gasteiger partial charge < -0.3 is 10.2 Å². The number of nitrogens with one attached hydrogen (secondary N) is 1. The van der Waals surface area contributed by atoms with E-state index in [4.69, 9.17) is 0 Å². The van der Waals surface area contributed by atoms with Crippen molar-refractivity contribution in [3.8, 4) is 0 Å². The lowest BCUT2D eigenvalue weighted by atomic mass is 10.5. The molecule has 0 fully saturated rings. The van der Waals surface area contributed by atoms with Gasteiger partial charge in [0.15, 0.2) is 0 Å². The fourth-order valence-electron chi connectivity index (χ4n) is 0.721. The standard InChI is InChI=1S/C8H16N2O/c1-4-8(11)10(6-3)7-9-5-2/h4,9H,1,5-7H2,2-3H3. The summed E-state index contributed by atoms with van der Waals surface area (Å²) in [7, 11) is 0. The summed E-state index contributed by atoms with van der Waals surface area (Å²) in [5.74, 6) is -0.0200. The average molecular weight is 156 g/mol. The van der Waals surface area contributed by atoms with Crippen molar-refractivity contribution in [3.63, 3.8) is 0 Å². The number of likely N-dealkylation sites (N-methyl/N-ethyl adjacent to an activating group) is 1. The van der Waals surface area contributed by atoms with E-state index >= 15 is 0 Å². The third-order valence-corrected chi connectivity index (χ3v) is 1.42. The second kappa shape index (κ2) is 5.92. The highest BCUT2D eigenvalue weighted by atomic mass is 16.2. The zero-order valence-electron chi connectivity index (χ0n) is 7.26. The van der Waals surface area contributed by atoms with E-state index in [9.17, 15) is 4.79 Å². The van der Waals surface area contributed by atoms with E-state index in [1.54, 1.807) is 4.90 Å². The first-order chi connectivity index (χ1) is 5.26. The van der Waals surface area contributed by atoms with Crippen molar-refractivity contribution in [1.29, 1.82) is 0 Å². The van der Waals surface area contributed by atoms with Crippen molar-refractivity contribution in [3.05, 3.63) is 12.7 Å². The lowest BCUT2D eigenvalue weighted by molar-refractivity contribution is -0.126. The van der Waals surface area contributed by atoms with Crippen LogP contribution in [0.15, 0.2) is 12.7 Å². The first kappa shape index (κ1) is 10.2. The Kier molecular flexibility index (Phi) is 5.47. The number of rotatable bonds is 5. The maximum atomic E-state index is 11.0. The molecule has 3 heteroatoms. The van der Waals surface area contributed by atoms with Crippen LogP contribution in [0.1, 0.15) is 13.8 Å². The van der Waals surface area contributed by atoms with Gasteiger partial charge in [-0.15, -0.1) is 0 Å². The molecule has 3 nitrogen and oxygen atoms in total. The second-order valence-electron chi connectivity index (χ2n) is 2.16. The molecule has 1 N–H and O–H groups in total. The largest absolute Gasteiger partial charge is 0.327 e. The minimum Gasteiger partial charge on any atom is -0.327 e. The summed E-state index contributed by atoms with van der Waals surface area (Å²) in [6.07, 6.45) is 1.33. The predicted octanol–water partition coefficient (Wildman–Crippen LogP) is 0.588. The Balaban J connectivity index is 3.74. The zero-order chi connectivity index (χ0) is 8.69. The molecule has 0 aromatic heterocycles. The molecule has 0 spiro atoms. The lowest BCUT2D eigenvalue weighted by Gasteiger charge is -2.18. The Labute approximate surface area is 68.1 Å². The average Bonchev–Trinajstić information content (AvgIpc) is 2.05. The van der Waals surface area contributed by atoms with Crippen LogP contribution in [-0.2, 0) is 4.79 Å². The van der Waals surface area contributed by atoms with Crippen LogP contribution >= 0.6 is 0 Å². The Morgan fingerprint density at radius 2 is 2.27 bits per heavy atom. The van der Waals surface area contributed by atoms with E-state index in [0.717, 1.165) is 13.1 Å². The second-order valence-corrected chi connectivity index (χ2v) is 2.16. The minimum absolute atomic E-state index is 0.0200. The quantitative estimate of drug-likeness (QED) is 0.466. The van der Waals surface area contributed by atoms with E-state index in [2.05, 4.69) is 11.9 Å². The molecule has 0 saturated heterocycles. The van der Waals surface area contributed by atoms with Crippen molar-refractivity contribution < 1.29 is 4.79 Å². The predicted molar refractivity (Wildman–Crippen MR) is 46.1 cm³/mol. The van der Waals surface area contributed by atoms with Gasteiger partial charge in [0.2, 0.25) is 5.91 Å². The first-order valence-corrected chi connectivity index (χ1v) is 3.88. The van der Waals surface area contributed by atoms with Crippen LogP contribution in [0.25, 0.3) is 0 Å². The van der Waals surface area contributed by atoms with Crippen LogP contribution in [0.3, 0.4) is 0 Å². The van der Waals surface area contributed by atoms with Crippen molar-refractivity contribution in [1.82, 2.24) is 10.2 Å². The maximum absolute atomic E-state index is 11.0. The van der Waals surface area contributed by atoms with Gasteiger partial charge in [0.1, 0.15) is 0 Å². The van der Waals surface area contributed by atoms with Crippen molar-refractivity contribution in [2.45, 2.75) is 13.8 Å². The molecule has 0 aliphatic heterocycles. The number of nitrogens with zero attached hydrogens (tertiary/aromatic N) is 1. The van der Waals surface area contributed by atoms with Gasteiger partial charge in [0.25, 0.3) is 0 Å². The fourth-order valence-corrected chi connectivity index (χ4v) is 0.721. The summed E-state index contributed by atoms with van der Waals surface area (Å²) in [5.41, 5.74) is 0. The molecular weight excluding hydrogens is 140 g/mol. The van der Waals surface area contributed by atoms with Crippen LogP contribution in [0.2, 0.25) is 0 Å². The van der Waals surface area contributed by atoms with E-state index < -0.39 is 0 Å². The van der Waals surface area contributed by atoms with Crippen LogP contribution in [0.5, 0.6) is 0 Å². The Hall–Kier alpha value is -0.830. The van der Waals surface area contributed by atoms with Crippen LogP contribution in [0.4, 0.5) is 0 Å². The first-order valence-electron chi connectivity index (χ1n) is 3.88. The number of amides is 1. The third kappa shape index (κ3) is 3.78. The van der Waals surface area contributed by atoms with Crippen LogP contribution in [-0.4, -0.2) is 30.6 Å². The molecule has 0 aliphatic carbocycles. The summed E-state index contributed by atoms with van der Waals surface area (Å²) < 4.78 is 0. The summed E-state index contributed by atoms with van der Waals surface area (Å²) >= 11 is 0. The highest BCUT2D eigenvalue weighted by Gasteiger charge is 2.04. The molecule has 1 amide bonds. The third-order valence-electron chi connectivity index (χ3n) is 1.42. The summed E-state index contributed by atoms with van der Waals surface area (Å²) in [6, 6.07) is 0. The van der Waals surface area contributed by atoms with Gasteiger partial charge in [-0.3, -0.25) is 4.79 Å². The smallest absolute Gasteiger partial charge is 0.246 e. The van der Waals surface area contributed by atoms with E-state index in [1.807, 2.05) is 13.8 Å². The molecule has 0 heterocycles. The Morgan fingerprint density at radius 1 is 1.64 bits per heavy atom. The van der Waals surface area contributed by atoms with E-state index in [0.29, 0.717) is 6.67 Å². The molecule has 0 saturated carbocycles. The molecule has 0 unspecified atom stereocenters. The lowest BCUT2D eigenvalue weighted by Crippen LogP contribution is -2.37. The number of hydrogen-bond acceptors (Lipinski definition) is 2. The maximum Gasteiger partial charge on any atom is 0.246 e. The fraction of sp³-hybridized carbons (Fsp3) is 0.625. The van der Waals surface area contributed by atoms with Crippen molar-refractivity contribution in [2.24, 2.45) is 0 Å². The van der Waals surface area contributed by atoms with Crippen molar-refractivity contribution >= 4 is 5.91 Å². The normalized spacial score (nSPS) is 9.27. The Bertz CT molecular complexity index is 134.